The van der Waals surface area contributed by atoms with Gasteiger partial charge in [0, 0.05) is 17.8 Å². The Labute approximate surface area is 162 Å². The molecule has 0 radical (unpaired) electrons. The molecular weight excluding hydrogens is 354 g/mol. The second kappa shape index (κ2) is 7.15. The van der Waals surface area contributed by atoms with Crippen LogP contribution in [0.4, 0.5) is 22.7 Å². The Morgan fingerprint density at radius 2 is 1.71 bits per heavy atom. The monoisotopic (exact) mass is 373 g/mol. The molecule has 6 heteroatoms. The van der Waals surface area contributed by atoms with E-state index in [4.69, 9.17) is 0 Å². The van der Waals surface area contributed by atoms with Gasteiger partial charge in [0.05, 0.1) is 16.3 Å². The topological polar surface area (TPSA) is 75.5 Å². The van der Waals surface area contributed by atoms with Crippen molar-refractivity contribution in [3.63, 3.8) is 0 Å². The van der Waals surface area contributed by atoms with Crippen LogP contribution in [0.25, 0.3) is 0 Å². The third kappa shape index (κ3) is 3.09. The molecule has 0 saturated heterocycles. The van der Waals surface area contributed by atoms with Crippen molar-refractivity contribution in [2.45, 2.75) is 13.3 Å². The molecule has 140 valence electrons. The lowest BCUT2D eigenvalue weighted by atomic mass is 10.1. The highest BCUT2D eigenvalue weighted by atomic mass is 16.6. The molecule has 0 saturated carbocycles. The molecule has 0 fully saturated rings. The number of para-hydroxylation sites is 4. The van der Waals surface area contributed by atoms with Gasteiger partial charge in [-0.15, -0.1) is 0 Å². The van der Waals surface area contributed by atoms with Gasteiger partial charge in [0.2, 0.25) is 0 Å². The average Bonchev–Trinajstić information content (AvgIpc) is 3.12. The van der Waals surface area contributed by atoms with Crippen LogP contribution in [0, 0.1) is 17.0 Å². The van der Waals surface area contributed by atoms with Crippen molar-refractivity contribution in [1.29, 1.82) is 0 Å². The number of nitro benzene ring substituents is 1. The summed E-state index contributed by atoms with van der Waals surface area (Å²) < 4.78 is 0. The standard InChI is InChI=1S/C22H19N3O3/c1-15-7-6-9-17(21(15)25(27)28)22(26)23-18-10-3-5-12-20(18)24-14-13-16-8-2-4-11-19(16)24/h2-12H,13-14H2,1H3,(H,23,26). The Bertz CT molecular complexity index is 1080. The number of hydrogen-bond acceptors (Lipinski definition) is 4. The molecule has 4 rings (SSSR count). The van der Waals surface area contributed by atoms with Crippen LogP contribution in [0.3, 0.4) is 0 Å². The summed E-state index contributed by atoms with van der Waals surface area (Å²) in [5.41, 5.74) is 4.23. The molecular formula is C22H19N3O3. The molecule has 0 atom stereocenters. The minimum atomic E-state index is -0.507. The molecule has 0 unspecified atom stereocenters. The smallest absolute Gasteiger partial charge is 0.285 e. The van der Waals surface area contributed by atoms with Gasteiger partial charge in [0.15, 0.2) is 0 Å². The molecule has 1 N–H and O–H groups in total. The van der Waals surface area contributed by atoms with Crippen molar-refractivity contribution in [2.24, 2.45) is 0 Å². The number of nitrogens with one attached hydrogen (secondary N) is 1. The molecule has 28 heavy (non-hydrogen) atoms. The van der Waals surface area contributed by atoms with Gasteiger partial charge < -0.3 is 10.2 Å². The quantitative estimate of drug-likeness (QED) is 0.524. The molecule has 1 heterocycles. The molecule has 0 bridgehead atoms. The van der Waals surface area contributed by atoms with Crippen molar-refractivity contribution in [2.75, 3.05) is 16.8 Å². The van der Waals surface area contributed by atoms with Gasteiger partial charge in [0.1, 0.15) is 5.56 Å². The largest absolute Gasteiger partial charge is 0.339 e. The van der Waals surface area contributed by atoms with Gasteiger partial charge in [0.25, 0.3) is 11.6 Å². The SMILES string of the molecule is Cc1cccc(C(=O)Nc2ccccc2N2CCc3ccccc32)c1[N+](=O)[O-]. The van der Waals surface area contributed by atoms with Crippen LogP contribution in [0.1, 0.15) is 21.5 Å². The predicted octanol–water partition coefficient (Wildman–Crippen LogP) is 4.85. The van der Waals surface area contributed by atoms with Gasteiger partial charge in [-0.1, -0.05) is 42.5 Å². The average molecular weight is 373 g/mol. The first-order valence-electron chi connectivity index (χ1n) is 9.06. The van der Waals surface area contributed by atoms with Crippen LogP contribution in [-0.4, -0.2) is 17.4 Å². The minimum absolute atomic E-state index is 0.0571. The zero-order chi connectivity index (χ0) is 19.7. The van der Waals surface area contributed by atoms with Crippen molar-refractivity contribution >= 4 is 28.7 Å². The fourth-order valence-electron chi connectivity index (χ4n) is 3.68. The molecule has 1 amide bonds. The highest BCUT2D eigenvalue weighted by Gasteiger charge is 2.25. The summed E-state index contributed by atoms with van der Waals surface area (Å²) in [4.78, 5) is 26.0. The summed E-state index contributed by atoms with van der Waals surface area (Å²) in [6.07, 6.45) is 0.932. The van der Waals surface area contributed by atoms with E-state index in [1.807, 2.05) is 36.4 Å². The van der Waals surface area contributed by atoms with E-state index in [1.165, 1.54) is 11.6 Å². The first-order valence-corrected chi connectivity index (χ1v) is 9.06. The first-order chi connectivity index (χ1) is 13.6. The number of carbonyl (C=O) groups is 1. The molecule has 1 aliphatic rings. The number of fused-ring (bicyclic) bond motifs is 1. The number of aryl methyl sites for hydroxylation is 1. The Morgan fingerprint density at radius 1 is 1.00 bits per heavy atom. The van der Waals surface area contributed by atoms with Crippen LogP contribution in [-0.2, 0) is 6.42 Å². The maximum absolute atomic E-state index is 12.9. The number of amides is 1. The Balaban J connectivity index is 1.69. The van der Waals surface area contributed by atoms with Crippen molar-refractivity contribution < 1.29 is 9.72 Å². The van der Waals surface area contributed by atoms with Gasteiger partial charge in [-0.2, -0.15) is 0 Å². The van der Waals surface area contributed by atoms with Crippen LogP contribution >= 0.6 is 0 Å². The Hall–Kier alpha value is -3.67. The number of carbonyl (C=O) groups excluding carboxylic acids is 1. The summed E-state index contributed by atoms with van der Waals surface area (Å²) >= 11 is 0. The summed E-state index contributed by atoms with van der Waals surface area (Å²) in [5, 5.41) is 14.3. The first kappa shape index (κ1) is 17.7. The third-order valence-electron chi connectivity index (χ3n) is 5.00. The van der Waals surface area contributed by atoms with Crippen LogP contribution < -0.4 is 10.2 Å². The normalized spacial score (nSPS) is 12.5. The van der Waals surface area contributed by atoms with E-state index in [-0.39, 0.29) is 11.3 Å². The summed E-state index contributed by atoms with van der Waals surface area (Å²) in [6, 6.07) is 20.5. The fourth-order valence-corrected chi connectivity index (χ4v) is 3.68. The molecule has 3 aromatic rings. The van der Waals surface area contributed by atoms with Crippen molar-refractivity contribution in [1.82, 2.24) is 0 Å². The molecule has 3 aromatic carbocycles. The van der Waals surface area contributed by atoms with Gasteiger partial charge in [-0.25, -0.2) is 0 Å². The summed E-state index contributed by atoms with van der Waals surface area (Å²) in [5.74, 6) is -0.490. The summed E-state index contributed by atoms with van der Waals surface area (Å²) in [7, 11) is 0. The molecule has 0 spiro atoms. The fraction of sp³-hybridized carbons (Fsp3) is 0.136. The maximum Gasteiger partial charge on any atom is 0.285 e. The number of rotatable bonds is 4. The molecule has 6 nitrogen and oxygen atoms in total. The number of nitrogens with zero attached hydrogens (tertiary/aromatic N) is 2. The van der Waals surface area contributed by atoms with E-state index in [9.17, 15) is 14.9 Å². The predicted molar refractivity (Wildman–Crippen MR) is 109 cm³/mol. The van der Waals surface area contributed by atoms with E-state index in [0.717, 1.165) is 24.3 Å². The van der Waals surface area contributed by atoms with E-state index < -0.39 is 10.8 Å². The van der Waals surface area contributed by atoms with Gasteiger partial charge in [-0.05, 0) is 43.2 Å². The Morgan fingerprint density at radius 3 is 2.50 bits per heavy atom. The van der Waals surface area contributed by atoms with E-state index in [1.54, 1.807) is 19.1 Å². The third-order valence-corrected chi connectivity index (χ3v) is 5.00. The lowest BCUT2D eigenvalue weighted by Gasteiger charge is -2.23. The van der Waals surface area contributed by atoms with Crippen LogP contribution in [0.2, 0.25) is 0 Å². The van der Waals surface area contributed by atoms with Crippen molar-refractivity contribution in [3.05, 3.63) is 93.5 Å². The van der Waals surface area contributed by atoms with Gasteiger partial charge in [-0.3, -0.25) is 14.9 Å². The lowest BCUT2D eigenvalue weighted by molar-refractivity contribution is -0.385. The zero-order valence-corrected chi connectivity index (χ0v) is 15.4. The maximum atomic E-state index is 12.9. The number of hydrogen-bond donors (Lipinski definition) is 1. The Kier molecular flexibility index (Phi) is 4.53. The second-order valence-electron chi connectivity index (χ2n) is 6.73. The lowest BCUT2D eigenvalue weighted by Crippen LogP contribution is -2.19. The highest BCUT2D eigenvalue weighted by molar-refractivity contribution is 6.09. The zero-order valence-electron chi connectivity index (χ0n) is 15.4. The van der Waals surface area contributed by atoms with Crippen LogP contribution in [0.15, 0.2) is 66.7 Å². The molecule has 0 aromatic heterocycles. The van der Waals surface area contributed by atoms with Crippen molar-refractivity contribution in [3.8, 4) is 0 Å². The van der Waals surface area contributed by atoms with E-state index in [0.29, 0.717) is 11.3 Å². The number of nitro groups is 1. The van der Waals surface area contributed by atoms with E-state index in [2.05, 4.69) is 22.3 Å². The second-order valence-corrected chi connectivity index (χ2v) is 6.73. The summed E-state index contributed by atoms with van der Waals surface area (Å²) in [6.45, 7) is 2.45. The molecule has 1 aliphatic heterocycles. The van der Waals surface area contributed by atoms with E-state index >= 15 is 0 Å². The number of anilines is 3. The van der Waals surface area contributed by atoms with Gasteiger partial charge >= 0.3 is 0 Å². The molecule has 0 aliphatic carbocycles. The minimum Gasteiger partial charge on any atom is -0.339 e. The van der Waals surface area contributed by atoms with Crippen LogP contribution in [0.5, 0.6) is 0 Å². The number of benzene rings is 3. The highest BCUT2D eigenvalue weighted by Crippen LogP contribution is 2.38.